The first-order valence-corrected chi connectivity index (χ1v) is 11.1. The molecule has 1 amide bonds. The van der Waals surface area contributed by atoms with Crippen LogP contribution in [0.25, 0.3) is 5.69 Å². The number of carbonyl (C=O) groups is 1. The molecule has 0 unspecified atom stereocenters. The minimum atomic E-state index is -0.186. The van der Waals surface area contributed by atoms with Gasteiger partial charge in [-0.3, -0.25) is 9.36 Å². The molecule has 5 rings (SSSR count). The first-order chi connectivity index (χ1) is 15.2. The minimum Gasteiger partial charge on any atom is -0.467 e. The van der Waals surface area contributed by atoms with E-state index in [0.29, 0.717) is 34.0 Å². The molecule has 3 heterocycles. The molecule has 1 aliphatic carbocycles. The second-order valence-corrected chi connectivity index (χ2v) is 8.50. The normalized spacial score (nSPS) is 13.5. The van der Waals surface area contributed by atoms with Crippen molar-refractivity contribution in [3.63, 3.8) is 0 Å². The zero-order valence-corrected chi connectivity index (χ0v) is 17.9. The Labute approximate surface area is 186 Å². The number of rotatable bonds is 8. The third kappa shape index (κ3) is 4.49. The predicted molar refractivity (Wildman–Crippen MR) is 116 cm³/mol. The lowest BCUT2D eigenvalue weighted by Gasteiger charge is -2.12. The van der Waals surface area contributed by atoms with Crippen LogP contribution in [-0.4, -0.2) is 41.2 Å². The van der Waals surface area contributed by atoms with Gasteiger partial charge in [0.05, 0.1) is 29.9 Å². The third-order valence-electron chi connectivity index (χ3n) is 4.81. The molecule has 1 aliphatic rings. The van der Waals surface area contributed by atoms with Crippen molar-refractivity contribution in [1.29, 1.82) is 0 Å². The van der Waals surface area contributed by atoms with E-state index in [4.69, 9.17) is 16.0 Å². The molecule has 0 aliphatic heterocycles. The number of aromatic nitrogens is 6. The maximum Gasteiger partial charge on any atom is 0.234 e. The lowest BCUT2D eigenvalue weighted by atomic mass is 10.2. The summed E-state index contributed by atoms with van der Waals surface area (Å²) in [7, 11) is 0. The summed E-state index contributed by atoms with van der Waals surface area (Å²) in [5.74, 6) is 2.19. The average Bonchev–Trinajstić information content (AvgIpc) is 3.14. The number of halogens is 1. The number of amides is 1. The standard InChI is InChI=1S/C20H18ClN7O2S/c21-14-5-6-17(28-12-22-11-23-28)16(8-14)24-18(29)10-31-20-26-25-19(13-3-4-13)27(20)9-15-2-1-7-30-15/h1-2,5-8,11-13H,3-4,9-10H2,(H,24,29). The number of hydrogen-bond donors (Lipinski definition) is 1. The van der Waals surface area contributed by atoms with Crippen molar-refractivity contribution in [2.45, 2.75) is 30.5 Å². The summed E-state index contributed by atoms with van der Waals surface area (Å²) in [5.41, 5.74) is 1.23. The Morgan fingerprint density at radius 2 is 2.19 bits per heavy atom. The van der Waals surface area contributed by atoms with Gasteiger partial charge in [-0.1, -0.05) is 23.4 Å². The number of furan rings is 1. The van der Waals surface area contributed by atoms with Crippen molar-refractivity contribution in [1.82, 2.24) is 29.5 Å². The van der Waals surface area contributed by atoms with E-state index in [-0.39, 0.29) is 11.7 Å². The SMILES string of the molecule is O=C(CSc1nnc(C2CC2)n1Cc1ccco1)Nc1cc(Cl)ccc1-n1cncn1. The van der Waals surface area contributed by atoms with Crippen molar-refractivity contribution in [2.24, 2.45) is 0 Å². The van der Waals surface area contributed by atoms with Gasteiger partial charge in [0.25, 0.3) is 0 Å². The number of nitrogens with one attached hydrogen (secondary N) is 1. The van der Waals surface area contributed by atoms with Crippen LogP contribution in [0.2, 0.25) is 5.02 Å². The molecule has 0 spiro atoms. The zero-order chi connectivity index (χ0) is 21.2. The number of benzene rings is 1. The highest BCUT2D eigenvalue weighted by atomic mass is 35.5. The Bertz CT molecular complexity index is 1190. The number of anilines is 1. The van der Waals surface area contributed by atoms with Crippen molar-refractivity contribution >= 4 is 35.0 Å². The Balaban J connectivity index is 1.30. The molecule has 31 heavy (non-hydrogen) atoms. The van der Waals surface area contributed by atoms with Crippen LogP contribution in [0.15, 0.2) is 58.8 Å². The molecule has 0 saturated heterocycles. The number of carbonyl (C=O) groups excluding carboxylic acids is 1. The van der Waals surface area contributed by atoms with E-state index in [2.05, 4.69) is 25.6 Å². The molecule has 1 N–H and O–H groups in total. The summed E-state index contributed by atoms with van der Waals surface area (Å²) >= 11 is 7.47. The molecule has 0 radical (unpaired) electrons. The van der Waals surface area contributed by atoms with Crippen LogP contribution < -0.4 is 5.32 Å². The van der Waals surface area contributed by atoms with Gasteiger partial charge in [0, 0.05) is 10.9 Å². The van der Waals surface area contributed by atoms with Gasteiger partial charge in [-0.15, -0.1) is 10.2 Å². The Morgan fingerprint density at radius 3 is 2.94 bits per heavy atom. The predicted octanol–water partition coefficient (Wildman–Crippen LogP) is 3.76. The van der Waals surface area contributed by atoms with E-state index in [1.807, 2.05) is 16.7 Å². The highest BCUT2D eigenvalue weighted by Gasteiger charge is 2.30. The lowest BCUT2D eigenvalue weighted by Crippen LogP contribution is -2.16. The van der Waals surface area contributed by atoms with Crippen LogP contribution >= 0.6 is 23.4 Å². The molecule has 0 atom stereocenters. The van der Waals surface area contributed by atoms with E-state index in [1.165, 1.54) is 18.1 Å². The quantitative estimate of drug-likeness (QED) is 0.403. The van der Waals surface area contributed by atoms with Crippen molar-refractivity contribution in [2.75, 3.05) is 11.1 Å². The van der Waals surface area contributed by atoms with Crippen LogP contribution in [0.4, 0.5) is 5.69 Å². The van der Waals surface area contributed by atoms with Gasteiger partial charge >= 0.3 is 0 Å². The van der Waals surface area contributed by atoms with E-state index in [1.54, 1.807) is 35.5 Å². The maximum absolute atomic E-state index is 12.7. The third-order valence-corrected chi connectivity index (χ3v) is 6.01. The molecule has 1 fully saturated rings. The van der Waals surface area contributed by atoms with Crippen molar-refractivity contribution in [3.05, 3.63) is 65.9 Å². The summed E-state index contributed by atoms with van der Waals surface area (Å²) in [5, 5.41) is 16.9. The highest BCUT2D eigenvalue weighted by Crippen LogP contribution is 2.40. The molecule has 9 nitrogen and oxygen atoms in total. The number of nitrogens with zero attached hydrogens (tertiary/aromatic N) is 6. The first-order valence-electron chi connectivity index (χ1n) is 9.70. The fourth-order valence-electron chi connectivity index (χ4n) is 3.21. The molecule has 3 aromatic heterocycles. The fourth-order valence-corrected chi connectivity index (χ4v) is 4.13. The van der Waals surface area contributed by atoms with Gasteiger partial charge in [0.2, 0.25) is 5.91 Å². The summed E-state index contributed by atoms with van der Waals surface area (Å²) in [4.78, 5) is 16.7. The average molecular weight is 456 g/mol. The molecule has 4 aromatic rings. The molecular formula is C20H18ClN7O2S. The number of hydrogen-bond acceptors (Lipinski definition) is 7. The Morgan fingerprint density at radius 1 is 1.29 bits per heavy atom. The monoisotopic (exact) mass is 455 g/mol. The largest absolute Gasteiger partial charge is 0.467 e. The van der Waals surface area contributed by atoms with Crippen LogP contribution in [0, 0.1) is 0 Å². The molecule has 158 valence electrons. The Kier molecular flexibility index (Phi) is 5.47. The highest BCUT2D eigenvalue weighted by molar-refractivity contribution is 7.99. The van der Waals surface area contributed by atoms with Crippen LogP contribution in [0.1, 0.15) is 30.3 Å². The van der Waals surface area contributed by atoms with Crippen LogP contribution in [0.5, 0.6) is 0 Å². The lowest BCUT2D eigenvalue weighted by molar-refractivity contribution is -0.113. The molecule has 0 bridgehead atoms. The van der Waals surface area contributed by atoms with Gasteiger partial charge < -0.3 is 9.73 Å². The van der Waals surface area contributed by atoms with Gasteiger partial charge in [-0.05, 0) is 43.2 Å². The van der Waals surface area contributed by atoms with Crippen molar-refractivity contribution in [3.8, 4) is 5.69 Å². The number of thioether (sulfide) groups is 1. The van der Waals surface area contributed by atoms with Gasteiger partial charge in [0.15, 0.2) is 5.16 Å². The van der Waals surface area contributed by atoms with E-state index < -0.39 is 0 Å². The van der Waals surface area contributed by atoms with Gasteiger partial charge in [0.1, 0.15) is 24.2 Å². The minimum absolute atomic E-state index is 0.171. The van der Waals surface area contributed by atoms with Gasteiger partial charge in [-0.2, -0.15) is 5.10 Å². The first kappa shape index (κ1) is 19.8. The molecule has 1 saturated carbocycles. The van der Waals surface area contributed by atoms with Crippen LogP contribution in [-0.2, 0) is 11.3 Å². The molecular weight excluding hydrogens is 438 g/mol. The smallest absolute Gasteiger partial charge is 0.234 e. The Hall–Kier alpha value is -3.11. The summed E-state index contributed by atoms with van der Waals surface area (Å²) in [6.07, 6.45) is 6.86. The van der Waals surface area contributed by atoms with Gasteiger partial charge in [-0.25, -0.2) is 9.67 Å². The van der Waals surface area contributed by atoms with E-state index in [9.17, 15) is 4.79 Å². The topological polar surface area (TPSA) is 104 Å². The van der Waals surface area contributed by atoms with E-state index in [0.717, 1.165) is 24.4 Å². The van der Waals surface area contributed by atoms with Crippen molar-refractivity contribution < 1.29 is 9.21 Å². The second kappa shape index (κ2) is 8.56. The summed E-state index contributed by atoms with van der Waals surface area (Å²) in [6, 6.07) is 8.98. The second-order valence-electron chi connectivity index (χ2n) is 7.12. The summed E-state index contributed by atoms with van der Waals surface area (Å²) < 4.78 is 9.10. The molecule has 11 heteroatoms. The summed E-state index contributed by atoms with van der Waals surface area (Å²) in [6.45, 7) is 0.542. The molecule has 1 aromatic carbocycles. The van der Waals surface area contributed by atoms with E-state index >= 15 is 0 Å². The zero-order valence-electron chi connectivity index (χ0n) is 16.3. The fraction of sp³-hybridized carbons (Fsp3) is 0.250. The maximum atomic E-state index is 12.7. The van der Waals surface area contributed by atoms with Crippen LogP contribution in [0.3, 0.4) is 0 Å².